The maximum absolute atomic E-state index is 7.20. The predicted octanol–water partition coefficient (Wildman–Crippen LogP) is 2.94. The minimum atomic E-state index is 0.620. The van der Waals surface area contributed by atoms with E-state index in [1.54, 1.807) is 6.92 Å². The van der Waals surface area contributed by atoms with Crippen LogP contribution in [-0.2, 0) is 0 Å². The summed E-state index contributed by atoms with van der Waals surface area (Å²) < 4.78 is 0. The monoisotopic (exact) mass is 137 g/mol. The van der Waals surface area contributed by atoms with E-state index in [0.29, 0.717) is 5.71 Å². The first-order valence-electron chi connectivity index (χ1n) is 3.59. The molecule has 0 saturated carbocycles. The van der Waals surface area contributed by atoms with Crippen molar-refractivity contribution in [2.24, 2.45) is 0 Å². The molecule has 1 nitrogen and oxygen atoms in total. The van der Waals surface area contributed by atoms with Crippen molar-refractivity contribution < 1.29 is 0 Å². The number of allylic oxidation sites excluding steroid dienone is 4. The van der Waals surface area contributed by atoms with E-state index in [4.69, 9.17) is 5.41 Å². The molecule has 10 heavy (non-hydrogen) atoms. The van der Waals surface area contributed by atoms with E-state index in [0.717, 1.165) is 6.42 Å². The quantitative estimate of drug-likeness (QED) is 0.457. The summed E-state index contributed by atoms with van der Waals surface area (Å²) in [5, 5.41) is 7.20. The van der Waals surface area contributed by atoms with Gasteiger partial charge in [0, 0.05) is 5.71 Å². The Balaban J connectivity index is 4.18. The Labute approximate surface area is 63.0 Å². The molecule has 0 amide bonds. The molecule has 0 aromatic heterocycles. The van der Waals surface area contributed by atoms with Gasteiger partial charge in [0.1, 0.15) is 0 Å². The third kappa shape index (κ3) is 4.07. The molecule has 0 aliphatic heterocycles. The molecule has 56 valence electrons. The summed E-state index contributed by atoms with van der Waals surface area (Å²) in [6, 6.07) is 0. The Hall–Kier alpha value is -0.850. The smallest absolute Gasteiger partial charge is 0.0285 e. The average Bonchev–Trinajstić information content (AvgIpc) is 1.86. The second-order valence-electron chi connectivity index (χ2n) is 2.26. The maximum atomic E-state index is 7.20. The van der Waals surface area contributed by atoms with Gasteiger partial charge in [0.05, 0.1) is 0 Å². The first-order chi connectivity index (χ1) is 4.70. The molecular formula is C9H15N. The molecule has 0 spiro atoms. The molecule has 0 bridgehead atoms. The molecule has 0 aliphatic rings. The summed E-state index contributed by atoms with van der Waals surface area (Å²) in [4.78, 5) is 0. The summed E-state index contributed by atoms with van der Waals surface area (Å²) in [6.07, 6.45) is 6.93. The van der Waals surface area contributed by atoms with Gasteiger partial charge >= 0.3 is 0 Å². The highest BCUT2D eigenvalue weighted by Gasteiger charge is 1.86. The van der Waals surface area contributed by atoms with Crippen LogP contribution in [0.3, 0.4) is 0 Å². The van der Waals surface area contributed by atoms with Gasteiger partial charge in [-0.05, 0) is 31.9 Å². The minimum absolute atomic E-state index is 0.620. The van der Waals surface area contributed by atoms with Crippen molar-refractivity contribution in [3.8, 4) is 0 Å². The van der Waals surface area contributed by atoms with Gasteiger partial charge < -0.3 is 5.41 Å². The van der Waals surface area contributed by atoms with Crippen molar-refractivity contribution in [2.45, 2.75) is 27.2 Å². The van der Waals surface area contributed by atoms with E-state index in [1.165, 1.54) is 5.57 Å². The number of nitrogens with one attached hydrogen (secondary N) is 1. The zero-order chi connectivity index (χ0) is 7.98. The molecule has 0 rings (SSSR count). The van der Waals surface area contributed by atoms with Crippen LogP contribution in [0.1, 0.15) is 27.2 Å². The lowest BCUT2D eigenvalue weighted by Crippen LogP contribution is -1.83. The Morgan fingerprint density at radius 1 is 1.50 bits per heavy atom. The third-order valence-corrected chi connectivity index (χ3v) is 1.19. The van der Waals surface area contributed by atoms with Crippen LogP contribution in [0.2, 0.25) is 0 Å². The summed E-state index contributed by atoms with van der Waals surface area (Å²) in [6.45, 7) is 5.87. The average molecular weight is 137 g/mol. The second-order valence-corrected chi connectivity index (χ2v) is 2.26. The second kappa shape index (κ2) is 4.98. The van der Waals surface area contributed by atoms with Crippen LogP contribution in [0.25, 0.3) is 0 Å². The van der Waals surface area contributed by atoms with Gasteiger partial charge in [-0.2, -0.15) is 0 Å². The van der Waals surface area contributed by atoms with Crippen molar-refractivity contribution >= 4 is 5.71 Å². The molecule has 1 heteroatoms. The number of hydrogen-bond acceptors (Lipinski definition) is 1. The van der Waals surface area contributed by atoms with E-state index < -0.39 is 0 Å². The van der Waals surface area contributed by atoms with Gasteiger partial charge in [-0.25, -0.2) is 0 Å². The van der Waals surface area contributed by atoms with Crippen LogP contribution < -0.4 is 0 Å². The van der Waals surface area contributed by atoms with E-state index in [2.05, 4.69) is 6.92 Å². The van der Waals surface area contributed by atoms with Crippen LogP contribution in [0.5, 0.6) is 0 Å². The standard InChI is InChI=1S/C9H15N/c1-4-6-9(5-2)7-8(3)10/h4,6-7,10H,5H2,1-3H3/b6-4-,9-7-,10-8?. The summed E-state index contributed by atoms with van der Waals surface area (Å²) in [5.74, 6) is 0. The van der Waals surface area contributed by atoms with E-state index in [-0.39, 0.29) is 0 Å². The fourth-order valence-electron chi connectivity index (χ4n) is 0.760. The fourth-order valence-corrected chi connectivity index (χ4v) is 0.760. The Morgan fingerprint density at radius 2 is 2.10 bits per heavy atom. The Kier molecular flexibility index (Phi) is 4.55. The lowest BCUT2D eigenvalue weighted by molar-refractivity contribution is 1.15. The summed E-state index contributed by atoms with van der Waals surface area (Å²) >= 11 is 0. The van der Waals surface area contributed by atoms with Crippen molar-refractivity contribution in [3.05, 3.63) is 23.8 Å². The van der Waals surface area contributed by atoms with E-state index >= 15 is 0 Å². The SMILES string of the molecule is C/C=C\C(=C/C(C)=N)CC. The molecule has 1 N–H and O–H groups in total. The van der Waals surface area contributed by atoms with Gasteiger partial charge in [0.2, 0.25) is 0 Å². The fraction of sp³-hybridized carbons (Fsp3) is 0.444. The highest BCUT2D eigenvalue weighted by Crippen LogP contribution is 2.01. The van der Waals surface area contributed by atoms with E-state index in [9.17, 15) is 0 Å². The van der Waals surface area contributed by atoms with Gasteiger partial charge in [-0.1, -0.05) is 19.1 Å². The lowest BCUT2D eigenvalue weighted by Gasteiger charge is -1.94. The van der Waals surface area contributed by atoms with Crippen molar-refractivity contribution in [2.75, 3.05) is 0 Å². The molecule has 0 fully saturated rings. The zero-order valence-electron chi connectivity index (χ0n) is 6.94. The Morgan fingerprint density at radius 3 is 2.40 bits per heavy atom. The molecule has 0 aliphatic carbocycles. The van der Waals surface area contributed by atoms with Crippen LogP contribution in [0.15, 0.2) is 23.8 Å². The van der Waals surface area contributed by atoms with Crippen LogP contribution in [0, 0.1) is 5.41 Å². The third-order valence-electron chi connectivity index (χ3n) is 1.19. The predicted molar refractivity (Wildman–Crippen MR) is 46.6 cm³/mol. The number of rotatable bonds is 3. The summed E-state index contributed by atoms with van der Waals surface area (Å²) in [7, 11) is 0. The molecule has 0 saturated heterocycles. The van der Waals surface area contributed by atoms with E-state index in [1.807, 2.05) is 25.2 Å². The summed E-state index contributed by atoms with van der Waals surface area (Å²) in [5.41, 5.74) is 1.84. The number of hydrogen-bond donors (Lipinski definition) is 1. The van der Waals surface area contributed by atoms with Gasteiger partial charge in [0.25, 0.3) is 0 Å². The van der Waals surface area contributed by atoms with Crippen LogP contribution >= 0.6 is 0 Å². The molecule has 0 unspecified atom stereocenters. The first-order valence-corrected chi connectivity index (χ1v) is 3.59. The first kappa shape index (κ1) is 9.15. The van der Waals surface area contributed by atoms with Crippen LogP contribution in [0.4, 0.5) is 0 Å². The molecule has 0 radical (unpaired) electrons. The van der Waals surface area contributed by atoms with Gasteiger partial charge in [-0.3, -0.25) is 0 Å². The maximum Gasteiger partial charge on any atom is 0.0285 e. The minimum Gasteiger partial charge on any atom is -0.306 e. The highest BCUT2D eigenvalue weighted by molar-refractivity contribution is 5.90. The van der Waals surface area contributed by atoms with Gasteiger partial charge in [-0.15, -0.1) is 0 Å². The Bertz CT molecular complexity index is 164. The normalized spacial score (nSPS) is 12.5. The largest absolute Gasteiger partial charge is 0.306 e. The lowest BCUT2D eigenvalue weighted by atomic mass is 10.1. The van der Waals surface area contributed by atoms with Crippen molar-refractivity contribution in [1.29, 1.82) is 5.41 Å². The topological polar surface area (TPSA) is 23.9 Å². The molecular weight excluding hydrogens is 122 g/mol. The van der Waals surface area contributed by atoms with Crippen molar-refractivity contribution in [1.82, 2.24) is 0 Å². The zero-order valence-corrected chi connectivity index (χ0v) is 6.94. The van der Waals surface area contributed by atoms with Crippen molar-refractivity contribution in [3.63, 3.8) is 0 Å². The van der Waals surface area contributed by atoms with Crippen LogP contribution in [-0.4, -0.2) is 5.71 Å². The molecule has 0 atom stereocenters. The molecule has 0 aromatic carbocycles. The molecule has 0 aromatic rings. The van der Waals surface area contributed by atoms with Gasteiger partial charge in [0.15, 0.2) is 0 Å². The molecule has 0 heterocycles. The highest BCUT2D eigenvalue weighted by atomic mass is 14.4.